The van der Waals surface area contributed by atoms with Crippen LogP contribution < -0.4 is 5.32 Å². The number of hydrogen-bond donors (Lipinski definition) is 1. The Morgan fingerprint density at radius 3 is 2.43 bits per heavy atom. The van der Waals surface area contributed by atoms with Crippen molar-refractivity contribution in [2.24, 2.45) is 5.41 Å². The van der Waals surface area contributed by atoms with Crippen LogP contribution in [0.3, 0.4) is 0 Å². The van der Waals surface area contributed by atoms with E-state index in [1.165, 1.54) is 0 Å². The highest BCUT2D eigenvalue weighted by Crippen LogP contribution is 2.40. The Bertz CT molecular complexity index is 200. The van der Waals surface area contributed by atoms with E-state index in [2.05, 4.69) is 12.2 Å². The van der Waals surface area contributed by atoms with E-state index in [1.807, 2.05) is 0 Å². The summed E-state index contributed by atoms with van der Waals surface area (Å²) in [6, 6.07) is 0. The molecule has 0 bridgehead atoms. The maximum absolute atomic E-state index is 11.9. The smallest absolute Gasteiger partial charge is 0.315 e. The van der Waals surface area contributed by atoms with Crippen LogP contribution in [0.15, 0.2) is 0 Å². The lowest BCUT2D eigenvalue weighted by molar-refractivity contribution is -0.132. The fraction of sp³-hybridized carbons (Fsp3) is 0.900. The number of carbonyl (C=O) groups excluding carboxylic acids is 1. The quantitative estimate of drug-likeness (QED) is 0.749. The van der Waals surface area contributed by atoms with Crippen LogP contribution in [0.1, 0.15) is 39.0 Å². The first-order valence-electron chi connectivity index (χ1n) is 5.15. The zero-order chi connectivity index (χ0) is 10.6. The molecule has 0 atom stereocenters. The van der Waals surface area contributed by atoms with Crippen molar-refractivity contribution in [1.82, 2.24) is 5.32 Å². The van der Waals surface area contributed by atoms with Crippen molar-refractivity contribution in [3.8, 4) is 0 Å². The molecule has 0 aromatic rings. The largest absolute Gasteiger partial charge is 0.351 e. The van der Waals surface area contributed by atoms with Gasteiger partial charge in [0.1, 0.15) is 0 Å². The van der Waals surface area contributed by atoms with E-state index >= 15 is 0 Å². The van der Waals surface area contributed by atoms with E-state index in [0.29, 0.717) is 6.54 Å². The van der Waals surface area contributed by atoms with E-state index in [0.717, 1.165) is 32.1 Å². The third-order valence-electron chi connectivity index (χ3n) is 3.25. The van der Waals surface area contributed by atoms with Crippen LogP contribution in [0.25, 0.3) is 0 Å². The molecule has 82 valence electrons. The highest BCUT2D eigenvalue weighted by atomic mass is 19.3. The summed E-state index contributed by atoms with van der Waals surface area (Å²) >= 11 is 0. The van der Waals surface area contributed by atoms with Crippen molar-refractivity contribution in [2.75, 3.05) is 6.54 Å². The van der Waals surface area contributed by atoms with Gasteiger partial charge in [-0.1, -0.05) is 19.8 Å². The van der Waals surface area contributed by atoms with Crippen LogP contribution in [-0.2, 0) is 4.79 Å². The van der Waals surface area contributed by atoms with Crippen molar-refractivity contribution in [3.63, 3.8) is 0 Å². The van der Waals surface area contributed by atoms with Crippen LogP contribution in [0, 0.1) is 5.41 Å². The van der Waals surface area contributed by atoms with Gasteiger partial charge in [0.15, 0.2) is 0 Å². The fourth-order valence-electron chi connectivity index (χ4n) is 2.13. The molecular formula is C10H17F2NO. The molecule has 1 aliphatic rings. The molecule has 1 fully saturated rings. The second-order valence-electron chi connectivity index (χ2n) is 4.08. The SMILES string of the molecule is CCC1(CNC(=O)C(F)F)CCCC1. The standard InChI is InChI=1S/C10H17F2NO/c1-2-10(5-3-4-6-10)7-13-9(14)8(11)12/h8H,2-7H2,1H3,(H,13,14). The Morgan fingerprint density at radius 2 is 2.00 bits per heavy atom. The van der Waals surface area contributed by atoms with Crippen LogP contribution in [0.2, 0.25) is 0 Å². The Morgan fingerprint density at radius 1 is 1.43 bits per heavy atom. The summed E-state index contributed by atoms with van der Waals surface area (Å²) in [6.07, 6.45) is 2.47. The van der Waals surface area contributed by atoms with Gasteiger partial charge >= 0.3 is 6.43 Å². The zero-order valence-corrected chi connectivity index (χ0v) is 8.48. The third kappa shape index (κ3) is 2.66. The maximum atomic E-state index is 11.9. The van der Waals surface area contributed by atoms with Gasteiger partial charge in [0.2, 0.25) is 0 Å². The predicted molar refractivity (Wildman–Crippen MR) is 50.2 cm³/mol. The number of nitrogens with one attached hydrogen (secondary N) is 1. The highest BCUT2D eigenvalue weighted by molar-refractivity contribution is 5.79. The summed E-state index contributed by atoms with van der Waals surface area (Å²) in [5, 5.41) is 2.33. The predicted octanol–water partition coefficient (Wildman–Crippen LogP) is 2.34. The normalized spacial score (nSPS) is 20.0. The average Bonchev–Trinajstić information content (AvgIpc) is 2.63. The summed E-state index contributed by atoms with van der Waals surface area (Å²) in [5.41, 5.74) is 0.0878. The molecular weight excluding hydrogens is 188 g/mol. The van der Waals surface area contributed by atoms with Gasteiger partial charge < -0.3 is 5.32 Å². The Hall–Kier alpha value is -0.670. The first kappa shape index (κ1) is 11.4. The number of alkyl halides is 2. The first-order chi connectivity index (χ1) is 6.59. The topological polar surface area (TPSA) is 29.1 Å². The molecule has 4 heteroatoms. The molecule has 0 spiro atoms. The maximum Gasteiger partial charge on any atom is 0.315 e. The monoisotopic (exact) mass is 205 g/mol. The first-order valence-corrected chi connectivity index (χ1v) is 5.15. The molecule has 14 heavy (non-hydrogen) atoms. The van der Waals surface area contributed by atoms with Gasteiger partial charge in [-0.15, -0.1) is 0 Å². The molecule has 2 nitrogen and oxygen atoms in total. The van der Waals surface area contributed by atoms with Crippen molar-refractivity contribution in [2.45, 2.75) is 45.5 Å². The fourth-order valence-corrected chi connectivity index (χ4v) is 2.13. The van der Waals surface area contributed by atoms with Gasteiger partial charge in [-0.2, -0.15) is 8.78 Å². The number of amides is 1. The lowest BCUT2D eigenvalue weighted by Gasteiger charge is -2.27. The van der Waals surface area contributed by atoms with Crippen LogP contribution in [0.4, 0.5) is 8.78 Å². The molecule has 0 heterocycles. The van der Waals surface area contributed by atoms with Gasteiger partial charge in [0, 0.05) is 6.54 Å². The minimum atomic E-state index is -2.88. The van der Waals surface area contributed by atoms with Crippen LogP contribution >= 0.6 is 0 Å². The van der Waals surface area contributed by atoms with E-state index in [9.17, 15) is 13.6 Å². The van der Waals surface area contributed by atoms with Gasteiger partial charge in [-0.25, -0.2) is 0 Å². The summed E-state index contributed by atoms with van der Waals surface area (Å²) in [6.45, 7) is 2.46. The van der Waals surface area contributed by atoms with E-state index in [1.54, 1.807) is 0 Å². The number of hydrogen-bond acceptors (Lipinski definition) is 1. The molecule has 0 unspecified atom stereocenters. The van der Waals surface area contributed by atoms with Crippen molar-refractivity contribution in [1.29, 1.82) is 0 Å². The lowest BCUT2D eigenvalue weighted by Crippen LogP contribution is -2.38. The van der Waals surface area contributed by atoms with Crippen molar-refractivity contribution < 1.29 is 13.6 Å². The molecule has 1 amide bonds. The number of carbonyl (C=O) groups is 1. The van der Waals surface area contributed by atoms with Crippen LogP contribution in [-0.4, -0.2) is 18.9 Å². The van der Waals surface area contributed by atoms with E-state index in [-0.39, 0.29) is 5.41 Å². The van der Waals surface area contributed by atoms with Gasteiger partial charge in [0.05, 0.1) is 0 Å². The van der Waals surface area contributed by atoms with E-state index in [4.69, 9.17) is 0 Å². The Kier molecular flexibility index (Phi) is 3.84. The minimum Gasteiger partial charge on any atom is -0.351 e. The second kappa shape index (κ2) is 4.71. The lowest BCUT2D eigenvalue weighted by atomic mass is 9.83. The molecule has 0 radical (unpaired) electrons. The minimum absolute atomic E-state index is 0.0878. The van der Waals surface area contributed by atoms with Crippen molar-refractivity contribution in [3.05, 3.63) is 0 Å². The van der Waals surface area contributed by atoms with Crippen LogP contribution in [0.5, 0.6) is 0 Å². The molecule has 0 aliphatic heterocycles. The Balaban J connectivity index is 2.38. The number of rotatable bonds is 4. The molecule has 0 saturated heterocycles. The second-order valence-corrected chi connectivity index (χ2v) is 4.08. The zero-order valence-electron chi connectivity index (χ0n) is 8.48. The van der Waals surface area contributed by atoms with Crippen molar-refractivity contribution >= 4 is 5.91 Å². The van der Waals surface area contributed by atoms with Gasteiger partial charge in [0.25, 0.3) is 5.91 Å². The Labute approximate surface area is 83.1 Å². The molecule has 1 rings (SSSR count). The summed E-state index contributed by atoms with van der Waals surface area (Å²) < 4.78 is 23.8. The summed E-state index contributed by atoms with van der Waals surface area (Å²) in [7, 11) is 0. The highest BCUT2D eigenvalue weighted by Gasteiger charge is 2.32. The van der Waals surface area contributed by atoms with Gasteiger partial charge in [-0.3, -0.25) is 4.79 Å². The van der Waals surface area contributed by atoms with E-state index < -0.39 is 12.3 Å². The molecule has 0 aromatic carbocycles. The molecule has 1 aliphatic carbocycles. The third-order valence-corrected chi connectivity index (χ3v) is 3.25. The molecule has 0 aromatic heterocycles. The van der Waals surface area contributed by atoms with Gasteiger partial charge in [-0.05, 0) is 24.7 Å². The molecule has 1 N–H and O–H groups in total. The summed E-state index contributed by atoms with van der Waals surface area (Å²) in [4.78, 5) is 10.7. The number of halogens is 2. The molecule has 1 saturated carbocycles. The summed E-state index contributed by atoms with van der Waals surface area (Å²) in [5.74, 6) is -1.13. The average molecular weight is 205 g/mol.